The first kappa shape index (κ1) is 19.3. The molecule has 2 atom stereocenters. The number of nitrogens with two attached hydrogens (primary N) is 1. The molecule has 1 unspecified atom stereocenters. The van der Waals surface area contributed by atoms with Crippen molar-refractivity contribution in [2.45, 2.75) is 28.9 Å². The Kier molecular flexibility index (Phi) is 4.94. The lowest BCUT2D eigenvalue weighted by molar-refractivity contribution is 0.553. The molecule has 0 saturated heterocycles. The first-order valence-electron chi connectivity index (χ1n) is 9.16. The molecule has 4 rings (SSSR count). The van der Waals surface area contributed by atoms with E-state index in [1.165, 1.54) is 12.1 Å². The Labute approximate surface area is 168 Å². The van der Waals surface area contributed by atoms with Crippen LogP contribution in [0, 0.1) is 5.82 Å². The summed E-state index contributed by atoms with van der Waals surface area (Å²) >= 11 is 0. The van der Waals surface area contributed by atoms with Crippen molar-refractivity contribution in [3.63, 3.8) is 0 Å². The predicted molar refractivity (Wildman–Crippen MR) is 110 cm³/mol. The molecule has 0 spiro atoms. The van der Waals surface area contributed by atoms with E-state index >= 15 is 0 Å². The van der Waals surface area contributed by atoms with Crippen molar-refractivity contribution >= 4 is 21.7 Å². The molecule has 0 saturated carbocycles. The van der Waals surface area contributed by atoms with Gasteiger partial charge in [0.15, 0.2) is 0 Å². The zero-order chi connectivity index (χ0) is 20.6. The lowest BCUT2D eigenvalue weighted by Gasteiger charge is -2.32. The zero-order valence-electron chi connectivity index (χ0n) is 15.7. The van der Waals surface area contributed by atoms with Gasteiger partial charge in [-0.2, -0.15) is 0 Å². The second kappa shape index (κ2) is 7.42. The molecule has 5 nitrogen and oxygen atoms in total. The van der Waals surface area contributed by atoms with Crippen molar-refractivity contribution < 1.29 is 12.8 Å². The average Bonchev–Trinajstić information content (AvgIpc) is 2.73. The van der Waals surface area contributed by atoms with E-state index in [9.17, 15) is 12.8 Å². The van der Waals surface area contributed by atoms with Gasteiger partial charge in [0.1, 0.15) is 12.0 Å². The van der Waals surface area contributed by atoms with Crippen LogP contribution in [0.15, 0.2) is 87.6 Å². The van der Waals surface area contributed by atoms with Crippen LogP contribution in [-0.2, 0) is 9.84 Å². The quantitative estimate of drug-likeness (QED) is 0.717. The summed E-state index contributed by atoms with van der Waals surface area (Å²) in [5, 5.41) is 0.995. The molecule has 0 aliphatic carbocycles. The lowest BCUT2D eigenvalue weighted by Crippen LogP contribution is -2.50. The Morgan fingerprint density at radius 3 is 2.45 bits per heavy atom. The van der Waals surface area contributed by atoms with E-state index in [1.807, 2.05) is 6.92 Å². The van der Waals surface area contributed by atoms with E-state index in [0.29, 0.717) is 16.3 Å². The smallest absolute Gasteiger partial charge is 0.207 e. The van der Waals surface area contributed by atoms with Gasteiger partial charge in [0.05, 0.1) is 15.1 Å². The molecule has 148 valence electrons. The first-order chi connectivity index (χ1) is 13.9. The van der Waals surface area contributed by atoms with Gasteiger partial charge >= 0.3 is 0 Å². The van der Waals surface area contributed by atoms with Crippen molar-refractivity contribution in [3.8, 4) is 0 Å². The molecular formula is C22H20FN3O2S. The fourth-order valence-corrected chi connectivity index (χ4v) is 4.86. The predicted octanol–water partition coefficient (Wildman–Crippen LogP) is 2.21. The second-order valence-electron chi connectivity index (χ2n) is 6.92. The van der Waals surface area contributed by atoms with Crippen LogP contribution in [0.1, 0.15) is 6.92 Å². The third-order valence-corrected chi connectivity index (χ3v) is 6.62. The Balaban J connectivity index is 1.97. The third-order valence-electron chi connectivity index (χ3n) is 4.79. The highest BCUT2D eigenvalue weighted by molar-refractivity contribution is 7.91. The maximum absolute atomic E-state index is 13.8. The Hall–Kier alpha value is -3.03. The monoisotopic (exact) mass is 409 g/mol. The van der Waals surface area contributed by atoms with E-state index in [4.69, 9.17) is 5.73 Å². The minimum Gasteiger partial charge on any atom is -0.325 e. The van der Waals surface area contributed by atoms with Gasteiger partial charge in [-0.3, -0.25) is 4.99 Å². The topological polar surface area (TPSA) is 75.8 Å². The number of hydrogen-bond acceptors (Lipinski definition) is 5. The summed E-state index contributed by atoms with van der Waals surface area (Å²) in [5.41, 5.74) is 6.69. The fourth-order valence-electron chi connectivity index (χ4n) is 3.39. The van der Waals surface area contributed by atoms with Crippen LogP contribution in [0.5, 0.6) is 0 Å². The van der Waals surface area contributed by atoms with Crippen molar-refractivity contribution in [1.29, 1.82) is 0 Å². The number of nitrogens with zero attached hydrogens (tertiary/aromatic N) is 2. The van der Waals surface area contributed by atoms with E-state index < -0.39 is 21.8 Å². The average molecular weight is 409 g/mol. The number of hydrogen-bond donors (Lipinski definition) is 1. The summed E-state index contributed by atoms with van der Waals surface area (Å²) < 4.78 is 40.3. The molecule has 3 aromatic carbocycles. The number of benzene rings is 3. The molecule has 3 aromatic rings. The number of fused-ring (bicyclic) bond motifs is 1. The number of halogens is 1. The summed E-state index contributed by atoms with van der Waals surface area (Å²) in [6, 6.07) is 18.9. The summed E-state index contributed by atoms with van der Waals surface area (Å²) in [6.45, 7) is 1.81. The van der Waals surface area contributed by atoms with E-state index in [0.717, 1.165) is 0 Å². The van der Waals surface area contributed by atoms with Crippen molar-refractivity contribution in [2.24, 2.45) is 10.7 Å². The minimum atomic E-state index is -3.76. The molecule has 0 radical (unpaired) electrons. The highest BCUT2D eigenvalue weighted by Crippen LogP contribution is 2.23. The largest absolute Gasteiger partial charge is 0.325 e. The van der Waals surface area contributed by atoms with Crippen LogP contribution in [0.3, 0.4) is 0 Å². The normalized spacial score (nSPS) is 17.1. The molecule has 7 heteroatoms. The standard InChI is InChI=1S/C22H20FN3O2S/c1-15(24)22-25-20-11-6-12-21(29(27,28)18-9-3-2-4-10-18)19(20)14-26(22)17-8-5-7-16(23)13-17/h2-15,22H,24H2,1H3/t15?,22-/m1/s1. The van der Waals surface area contributed by atoms with Crippen molar-refractivity contribution in [2.75, 3.05) is 4.90 Å². The van der Waals surface area contributed by atoms with Crippen molar-refractivity contribution in [3.05, 3.63) is 89.2 Å². The fraction of sp³-hybridized carbons (Fsp3) is 0.136. The first-order valence-corrected chi connectivity index (χ1v) is 10.6. The molecule has 0 fully saturated rings. The lowest BCUT2D eigenvalue weighted by atomic mass is 10.1. The van der Waals surface area contributed by atoms with Gasteiger partial charge < -0.3 is 10.6 Å². The van der Waals surface area contributed by atoms with Gasteiger partial charge in [-0.25, -0.2) is 12.8 Å². The SMILES string of the molecule is CC(N)[C@@H]1N=c2cccc(S(=O)(=O)c3ccccc3)c2=CN1c1cccc(F)c1. The number of sulfone groups is 1. The summed E-state index contributed by atoms with van der Waals surface area (Å²) in [5.74, 6) is -0.393. The van der Waals surface area contributed by atoms with Gasteiger partial charge in [0.2, 0.25) is 9.84 Å². The minimum absolute atomic E-state index is 0.148. The molecule has 29 heavy (non-hydrogen) atoms. The number of anilines is 1. The molecule has 0 aromatic heterocycles. The van der Waals surface area contributed by atoms with Crippen LogP contribution in [0.2, 0.25) is 0 Å². The van der Waals surface area contributed by atoms with Crippen LogP contribution >= 0.6 is 0 Å². The summed E-state index contributed by atoms with van der Waals surface area (Å²) in [6.07, 6.45) is 1.21. The Morgan fingerprint density at radius 1 is 1.03 bits per heavy atom. The van der Waals surface area contributed by atoms with Crippen LogP contribution in [0.25, 0.3) is 6.20 Å². The van der Waals surface area contributed by atoms with E-state index in [-0.39, 0.29) is 15.8 Å². The van der Waals surface area contributed by atoms with Gasteiger partial charge in [0.25, 0.3) is 0 Å². The van der Waals surface area contributed by atoms with Crippen molar-refractivity contribution in [1.82, 2.24) is 0 Å². The van der Waals surface area contributed by atoms with Gasteiger partial charge in [-0.05, 0) is 49.4 Å². The molecule has 1 aliphatic heterocycles. The Morgan fingerprint density at radius 2 is 1.76 bits per heavy atom. The van der Waals surface area contributed by atoms with E-state index in [2.05, 4.69) is 4.99 Å². The van der Waals surface area contributed by atoms with E-state index in [1.54, 1.807) is 71.8 Å². The zero-order valence-corrected chi connectivity index (χ0v) is 16.6. The Bertz CT molecular complexity index is 1270. The molecule has 0 bridgehead atoms. The second-order valence-corrected chi connectivity index (χ2v) is 8.84. The maximum Gasteiger partial charge on any atom is 0.207 e. The van der Waals surface area contributed by atoms with Gasteiger partial charge in [0, 0.05) is 23.1 Å². The molecule has 0 amide bonds. The summed E-state index contributed by atoms with van der Waals surface area (Å²) in [4.78, 5) is 6.76. The molecule has 2 N–H and O–H groups in total. The van der Waals surface area contributed by atoms with Crippen LogP contribution in [0.4, 0.5) is 10.1 Å². The molecule has 1 heterocycles. The highest BCUT2D eigenvalue weighted by atomic mass is 32.2. The number of rotatable bonds is 4. The maximum atomic E-state index is 13.8. The van der Waals surface area contributed by atoms with Crippen LogP contribution < -0.4 is 21.2 Å². The third kappa shape index (κ3) is 3.54. The highest BCUT2D eigenvalue weighted by Gasteiger charge is 2.26. The summed E-state index contributed by atoms with van der Waals surface area (Å²) in [7, 11) is -3.76. The molecular weight excluding hydrogens is 389 g/mol. The van der Waals surface area contributed by atoms with Gasteiger partial charge in [-0.1, -0.05) is 30.3 Å². The molecule has 1 aliphatic rings. The van der Waals surface area contributed by atoms with Crippen LogP contribution in [-0.4, -0.2) is 20.6 Å². The van der Waals surface area contributed by atoms with Gasteiger partial charge in [-0.15, -0.1) is 0 Å².